The van der Waals surface area contributed by atoms with Crippen LogP contribution in [0.1, 0.15) is 27.2 Å². The van der Waals surface area contributed by atoms with E-state index in [-0.39, 0.29) is 6.10 Å². The highest BCUT2D eigenvalue weighted by molar-refractivity contribution is 5.44. The summed E-state index contributed by atoms with van der Waals surface area (Å²) in [5, 5.41) is 12.2. The van der Waals surface area contributed by atoms with E-state index in [2.05, 4.69) is 0 Å². The van der Waals surface area contributed by atoms with E-state index < -0.39 is 5.60 Å². The maximum Gasteiger partial charge on any atom is 0.249 e. The highest BCUT2D eigenvalue weighted by atomic mass is 16.7. The minimum Gasteiger partial charge on any atom is -0.392 e. The summed E-state index contributed by atoms with van der Waals surface area (Å²) in [4.78, 5) is 16.2. The molecule has 14 heavy (non-hydrogen) atoms. The number of nitrogens with zero attached hydrogens (tertiary/aromatic N) is 2. The molecule has 0 aromatic carbocycles. The topological polar surface area (TPSA) is 53.0 Å². The molecule has 1 unspecified atom stereocenters. The second kappa shape index (κ2) is 4.25. The van der Waals surface area contributed by atoms with Crippen molar-refractivity contribution in [3.63, 3.8) is 0 Å². The zero-order chi connectivity index (χ0) is 10.8. The van der Waals surface area contributed by atoms with Crippen molar-refractivity contribution in [2.24, 2.45) is 0 Å². The molecular formula is C9H18N2O3. The Hall–Kier alpha value is -0.650. The van der Waals surface area contributed by atoms with E-state index in [4.69, 9.17) is 4.84 Å². The van der Waals surface area contributed by atoms with Crippen LogP contribution in [0, 0.1) is 0 Å². The Morgan fingerprint density at radius 1 is 1.57 bits per heavy atom. The van der Waals surface area contributed by atoms with Gasteiger partial charge in [-0.15, -0.1) is 5.17 Å². The van der Waals surface area contributed by atoms with Gasteiger partial charge in [-0.3, -0.25) is 4.79 Å². The number of hydrogen-bond acceptors (Lipinski definition) is 4. The number of β-amino-alcohol motifs (C(OH)–C–C–N with tert-alkyl or cyclic N) is 1. The average Bonchev–Trinajstić information content (AvgIpc) is 2.46. The van der Waals surface area contributed by atoms with Crippen LogP contribution in [-0.2, 0) is 9.63 Å². The van der Waals surface area contributed by atoms with Crippen molar-refractivity contribution >= 4 is 6.41 Å². The number of amides is 1. The summed E-state index contributed by atoms with van der Waals surface area (Å²) >= 11 is 0. The Morgan fingerprint density at radius 2 is 2.21 bits per heavy atom. The standard InChI is InChI=1S/C9H18N2O3/c1-9(2,3)14-11(7-12)10-5-4-8(13)6-10/h7-8,13H,4-6H2,1-3H3. The van der Waals surface area contributed by atoms with Gasteiger partial charge < -0.3 is 5.11 Å². The average molecular weight is 202 g/mol. The minimum atomic E-state index is -0.408. The Bertz CT molecular complexity index is 203. The van der Waals surface area contributed by atoms with Crippen LogP contribution in [0.3, 0.4) is 0 Å². The van der Waals surface area contributed by atoms with E-state index in [0.717, 1.165) is 0 Å². The first-order chi connectivity index (χ1) is 6.42. The molecule has 5 nitrogen and oxygen atoms in total. The molecular weight excluding hydrogens is 184 g/mol. The van der Waals surface area contributed by atoms with Crippen LogP contribution in [0.2, 0.25) is 0 Å². The molecule has 0 bridgehead atoms. The molecule has 0 radical (unpaired) electrons. The number of aliphatic hydroxyl groups is 1. The van der Waals surface area contributed by atoms with Gasteiger partial charge in [-0.2, -0.15) is 5.01 Å². The fourth-order valence-electron chi connectivity index (χ4n) is 1.33. The molecule has 1 aliphatic heterocycles. The molecule has 82 valence electrons. The van der Waals surface area contributed by atoms with E-state index in [1.165, 1.54) is 5.17 Å². The van der Waals surface area contributed by atoms with Crippen molar-refractivity contribution in [1.29, 1.82) is 0 Å². The first-order valence-corrected chi connectivity index (χ1v) is 4.79. The second-order valence-corrected chi connectivity index (χ2v) is 4.47. The lowest BCUT2D eigenvalue weighted by Crippen LogP contribution is -2.45. The minimum absolute atomic E-state index is 0.360. The first-order valence-electron chi connectivity index (χ1n) is 4.79. The summed E-state index contributed by atoms with van der Waals surface area (Å²) in [7, 11) is 0. The molecule has 0 aromatic rings. The largest absolute Gasteiger partial charge is 0.392 e. The van der Waals surface area contributed by atoms with Crippen molar-refractivity contribution in [2.45, 2.75) is 38.9 Å². The van der Waals surface area contributed by atoms with E-state index in [9.17, 15) is 9.90 Å². The molecule has 1 fully saturated rings. The smallest absolute Gasteiger partial charge is 0.249 e. The number of hydrogen-bond donors (Lipinski definition) is 1. The Morgan fingerprint density at radius 3 is 2.57 bits per heavy atom. The molecule has 0 spiro atoms. The van der Waals surface area contributed by atoms with Crippen molar-refractivity contribution in [3.05, 3.63) is 0 Å². The number of rotatable bonds is 3. The van der Waals surface area contributed by atoms with Crippen LogP contribution < -0.4 is 0 Å². The lowest BCUT2D eigenvalue weighted by atomic mass is 10.2. The van der Waals surface area contributed by atoms with Crippen molar-refractivity contribution in [2.75, 3.05) is 13.1 Å². The SMILES string of the molecule is CC(C)(C)ON(C=O)N1CCC(O)C1. The molecule has 1 N–H and O–H groups in total. The first kappa shape index (κ1) is 11.4. The van der Waals surface area contributed by atoms with Gasteiger partial charge in [0.2, 0.25) is 6.41 Å². The Kier molecular flexibility index (Phi) is 3.47. The molecule has 1 atom stereocenters. The van der Waals surface area contributed by atoms with Gasteiger partial charge in [-0.1, -0.05) is 0 Å². The molecule has 1 amide bonds. The third-order valence-electron chi connectivity index (χ3n) is 1.88. The van der Waals surface area contributed by atoms with Gasteiger partial charge >= 0.3 is 0 Å². The molecule has 1 saturated heterocycles. The van der Waals surface area contributed by atoms with Gasteiger partial charge in [0.15, 0.2) is 0 Å². The number of hydrazine groups is 1. The molecule has 1 heterocycles. The van der Waals surface area contributed by atoms with Crippen LogP contribution in [0.25, 0.3) is 0 Å². The molecule has 5 heteroatoms. The summed E-state index contributed by atoms with van der Waals surface area (Å²) in [5.74, 6) is 0. The normalized spacial score (nSPS) is 23.9. The Labute approximate surface area is 84.2 Å². The third-order valence-corrected chi connectivity index (χ3v) is 1.88. The van der Waals surface area contributed by atoms with Gasteiger partial charge in [0.25, 0.3) is 0 Å². The molecule has 0 aliphatic carbocycles. The molecule has 0 saturated carbocycles. The zero-order valence-electron chi connectivity index (χ0n) is 8.93. The Balaban J connectivity index is 2.50. The van der Waals surface area contributed by atoms with E-state index in [0.29, 0.717) is 25.9 Å². The molecule has 1 aliphatic rings. The van der Waals surface area contributed by atoms with Crippen molar-refractivity contribution in [1.82, 2.24) is 10.2 Å². The van der Waals surface area contributed by atoms with E-state index >= 15 is 0 Å². The number of hydroxylamine groups is 1. The number of carbonyl (C=O) groups excluding carboxylic acids is 1. The van der Waals surface area contributed by atoms with Crippen molar-refractivity contribution < 1.29 is 14.7 Å². The van der Waals surface area contributed by atoms with Crippen LogP contribution >= 0.6 is 0 Å². The van der Waals surface area contributed by atoms with Crippen LogP contribution in [0.15, 0.2) is 0 Å². The van der Waals surface area contributed by atoms with Gasteiger partial charge in [-0.05, 0) is 27.2 Å². The third kappa shape index (κ3) is 3.25. The second-order valence-electron chi connectivity index (χ2n) is 4.47. The van der Waals surface area contributed by atoms with Gasteiger partial charge in [0, 0.05) is 13.1 Å². The lowest BCUT2D eigenvalue weighted by Gasteiger charge is -2.32. The number of carbonyl (C=O) groups is 1. The maximum atomic E-state index is 10.8. The summed E-state index contributed by atoms with van der Waals surface area (Å²) in [6.07, 6.45) is 0.947. The monoisotopic (exact) mass is 202 g/mol. The predicted octanol–water partition coefficient (Wildman–Crippen LogP) is 0.157. The van der Waals surface area contributed by atoms with Crippen LogP contribution in [0.5, 0.6) is 0 Å². The summed E-state index contributed by atoms with van der Waals surface area (Å²) in [6.45, 7) is 6.72. The van der Waals surface area contributed by atoms with Gasteiger partial charge in [-0.25, -0.2) is 4.84 Å². The summed E-state index contributed by atoms with van der Waals surface area (Å²) in [5.41, 5.74) is -0.408. The van der Waals surface area contributed by atoms with Crippen LogP contribution in [-0.4, -0.2) is 46.5 Å². The quantitative estimate of drug-likeness (QED) is 0.523. The van der Waals surface area contributed by atoms with Crippen molar-refractivity contribution in [3.8, 4) is 0 Å². The summed E-state index contributed by atoms with van der Waals surface area (Å²) < 4.78 is 0. The van der Waals surface area contributed by atoms with E-state index in [1.54, 1.807) is 5.01 Å². The van der Waals surface area contributed by atoms with Gasteiger partial charge in [0.05, 0.1) is 11.7 Å². The van der Waals surface area contributed by atoms with Crippen LogP contribution in [0.4, 0.5) is 0 Å². The van der Waals surface area contributed by atoms with Gasteiger partial charge in [0.1, 0.15) is 0 Å². The number of aliphatic hydroxyl groups excluding tert-OH is 1. The fraction of sp³-hybridized carbons (Fsp3) is 0.889. The fourth-order valence-corrected chi connectivity index (χ4v) is 1.33. The maximum absolute atomic E-state index is 10.8. The van der Waals surface area contributed by atoms with E-state index in [1.807, 2.05) is 20.8 Å². The summed E-state index contributed by atoms with van der Waals surface area (Å²) in [6, 6.07) is 0. The molecule has 1 rings (SSSR count). The highest BCUT2D eigenvalue weighted by Gasteiger charge is 2.28. The predicted molar refractivity (Wildman–Crippen MR) is 50.9 cm³/mol. The zero-order valence-corrected chi connectivity index (χ0v) is 8.93. The molecule has 0 aromatic heterocycles. The lowest BCUT2D eigenvalue weighted by molar-refractivity contribution is -0.296. The highest BCUT2D eigenvalue weighted by Crippen LogP contribution is 2.16.